The smallest absolute Gasteiger partial charge is 0.247 e. The predicted octanol–water partition coefficient (Wildman–Crippen LogP) is 3.54. The minimum atomic E-state index is -0.516. The number of unbranched alkanes of at least 4 members (excludes halogenated alkanes) is 6. The Kier molecular flexibility index (Phi) is 10.7. The molecule has 0 atom stereocenters. The standard InChI is InChI=1S/C13H24O4/c1-3-5-6-7-8-9-10-11-13(15)17-16-12(14)4-2/h3-11H2,1-2H3. The van der Waals surface area contributed by atoms with Crippen molar-refractivity contribution in [2.45, 2.75) is 71.6 Å². The van der Waals surface area contributed by atoms with Gasteiger partial charge in [-0.3, -0.25) is 0 Å². The molecule has 0 N–H and O–H groups in total. The molecule has 0 saturated carbocycles. The summed E-state index contributed by atoms with van der Waals surface area (Å²) in [5.41, 5.74) is 0. The van der Waals surface area contributed by atoms with Gasteiger partial charge in [0.1, 0.15) is 0 Å². The first-order chi connectivity index (χ1) is 8.20. The second-order valence-electron chi connectivity index (χ2n) is 4.14. The molecule has 0 aliphatic rings. The molecule has 0 fully saturated rings. The van der Waals surface area contributed by atoms with Crippen molar-refractivity contribution in [3.8, 4) is 0 Å². The van der Waals surface area contributed by atoms with Crippen LogP contribution in [-0.2, 0) is 19.4 Å². The van der Waals surface area contributed by atoms with E-state index in [1.54, 1.807) is 6.92 Å². The maximum absolute atomic E-state index is 11.1. The maximum atomic E-state index is 11.1. The molecule has 0 bridgehead atoms. The first-order valence-corrected chi connectivity index (χ1v) is 6.60. The van der Waals surface area contributed by atoms with E-state index in [2.05, 4.69) is 16.7 Å². The van der Waals surface area contributed by atoms with Crippen LogP contribution in [0.5, 0.6) is 0 Å². The van der Waals surface area contributed by atoms with Crippen LogP contribution in [0.2, 0.25) is 0 Å². The third kappa shape index (κ3) is 11.2. The van der Waals surface area contributed by atoms with Crippen molar-refractivity contribution in [3.63, 3.8) is 0 Å². The summed E-state index contributed by atoms with van der Waals surface area (Å²) in [6.45, 7) is 3.83. The van der Waals surface area contributed by atoms with E-state index in [-0.39, 0.29) is 6.42 Å². The molecule has 0 aliphatic carbocycles. The van der Waals surface area contributed by atoms with Gasteiger partial charge in [-0.05, 0) is 6.42 Å². The number of rotatable bonds is 9. The van der Waals surface area contributed by atoms with Gasteiger partial charge in [0.2, 0.25) is 0 Å². The molecule has 0 rings (SSSR count). The van der Waals surface area contributed by atoms with Gasteiger partial charge in [-0.15, -0.1) is 0 Å². The molecule has 4 nitrogen and oxygen atoms in total. The molecule has 0 radical (unpaired) electrons. The van der Waals surface area contributed by atoms with Crippen LogP contribution in [0.3, 0.4) is 0 Å². The van der Waals surface area contributed by atoms with Gasteiger partial charge in [0.25, 0.3) is 0 Å². The van der Waals surface area contributed by atoms with E-state index in [4.69, 9.17) is 0 Å². The zero-order valence-corrected chi connectivity index (χ0v) is 11.0. The topological polar surface area (TPSA) is 52.6 Å². The highest BCUT2D eigenvalue weighted by molar-refractivity contribution is 5.72. The van der Waals surface area contributed by atoms with Crippen LogP contribution in [0.4, 0.5) is 0 Å². The van der Waals surface area contributed by atoms with Crippen molar-refractivity contribution in [1.82, 2.24) is 0 Å². The molecule has 100 valence electrons. The largest absolute Gasteiger partial charge is 0.355 e. The van der Waals surface area contributed by atoms with Crippen molar-refractivity contribution in [2.75, 3.05) is 0 Å². The Labute approximate surface area is 104 Å². The fraction of sp³-hybridized carbons (Fsp3) is 0.846. The molecule has 0 aromatic heterocycles. The van der Waals surface area contributed by atoms with E-state index in [0.29, 0.717) is 6.42 Å². The van der Waals surface area contributed by atoms with Crippen molar-refractivity contribution in [3.05, 3.63) is 0 Å². The third-order valence-electron chi connectivity index (χ3n) is 2.50. The van der Waals surface area contributed by atoms with E-state index < -0.39 is 11.9 Å². The molecule has 17 heavy (non-hydrogen) atoms. The van der Waals surface area contributed by atoms with Crippen molar-refractivity contribution >= 4 is 11.9 Å². The second-order valence-corrected chi connectivity index (χ2v) is 4.14. The minimum absolute atomic E-state index is 0.213. The van der Waals surface area contributed by atoms with E-state index in [1.165, 1.54) is 25.7 Å². The highest BCUT2D eigenvalue weighted by Gasteiger charge is 2.07. The molecule has 0 saturated heterocycles. The van der Waals surface area contributed by atoms with E-state index in [9.17, 15) is 9.59 Å². The number of hydrogen-bond donors (Lipinski definition) is 0. The van der Waals surface area contributed by atoms with Crippen molar-refractivity contribution in [1.29, 1.82) is 0 Å². The van der Waals surface area contributed by atoms with Gasteiger partial charge in [-0.2, -0.15) is 0 Å². The summed E-state index contributed by atoms with van der Waals surface area (Å²) >= 11 is 0. The Morgan fingerprint density at radius 3 is 1.88 bits per heavy atom. The minimum Gasteiger partial charge on any atom is -0.247 e. The van der Waals surface area contributed by atoms with Gasteiger partial charge in [0, 0.05) is 6.42 Å². The molecule has 0 heterocycles. The highest BCUT2D eigenvalue weighted by atomic mass is 17.2. The first-order valence-electron chi connectivity index (χ1n) is 6.60. The molecular formula is C13H24O4. The fourth-order valence-electron chi connectivity index (χ4n) is 1.42. The number of carbonyl (C=O) groups is 2. The molecule has 0 spiro atoms. The average molecular weight is 244 g/mol. The Bertz CT molecular complexity index is 213. The van der Waals surface area contributed by atoms with Gasteiger partial charge in [-0.25, -0.2) is 19.4 Å². The van der Waals surface area contributed by atoms with Gasteiger partial charge >= 0.3 is 11.9 Å². The monoisotopic (exact) mass is 244 g/mol. The highest BCUT2D eigenvalue weighted by Crippen LogP contribution is 2.08. The Hall–Kier alpha value is -1.06. The SMILES string of the molecule is CCCCCCCCCC(=O)OOC(=O)CC. The van der Waals surface area contributed by atoms with Crippen LogP contribution in [0.25, 0.3) is 0 Å². The quantitative estimate of drug-likeness (QED) is 0.353. The van der Waals surface area contributed by atoms with Crippen LogP contribution in [-0.4, -0.2) is 11.9 Å². The summed E-state index contributed by atoms with van der Waals surface area (Å²) in [6, 6.07) is 0. The van der Waals surface area contributed by atoms with Gasteiger partial charge in [-0.1, -0.05) is 52.4 Å². The van der Waals surface area contributed by atoms with Crippen LogP contribution < -0.4 is 0 Å². The zero-order valence-electron chi connectivity index (χ0n) is 11.0. The van der Waals surface area contributed by atoms with Gasteiger partial charge in [0.05, 0.1) is 6.42 Å². The van der Waals surface area contributed by atoms with Crippen molar-refractivity contribution in [2.24, 2.45) is 0 Å². The van der Waals surface area contributed by atoms with Crippen LogP contribution >= 0.6 is 0 Å². The number of carbonyl (C=O) groups excluding carboxylic acids is 2. The summed E-state index contributed by atoms with van der Waals surface area (Å²) in [6.07, 6.45) is 8.56. The fourth-order valence-corrected chi connectivity index (χ4v) is 1.42. The molecule has 0 aromatic rings. The Morgan fingerprint density at radius 2 is 1.29 bits per heavy atom. The maximum Gasteiger partial charge on any atom is 0.355 e. The lowest BCUT2D eigenvalue weighted by molar-refractivity contribution is -0.258. The number of hydrogen-bond acceptors (Lipinski definition) is 4. The summed E-state index contributed by atoms with van der Waals surface area (Å²) in [7, 11) is 0. The first kappa shape index (κ1) is 15.9. The van der Waals surface area contributed by atoms with Gasteiger partial charge in [0.15, 0.2) is 0 Å². The van der Waals surface area contributed by atoms with Crippen LogP contribution in [0.15, 0.2) is 0 Å². The molecule has 0 unspecified atom stereocenters. The summed E-state index contributed by atoms with van der Waals surface area (Å²) < 4.78 is 0. The summed E-state index contributed by atoms with van der Waals surface area (Å²) in [4.78, 5) is 30.4. The van der Waals surface area contributed by atoms with Crippen LogP contribution in [0, 0.1) is 0 Å². The molecule has 0 aromatic carbocycles. The predicted molar refractivity (Wildman–Crippen MR) is 65.1 cm³/mol. The van der Waals surface area contributed by atoms with Crippen molar-refractivity contribution < 1.29 is 19.4 Å². The lowest BCUT2D eigenvalue weighted by Crippen LogP contribution is -2.10. The van der Waals surface area contributed by atoms with E-state index in [1.807, 2.05) is 0 Å². The Morgan fingerprint density at radius 1 is 0.765 bits per heavy atom. The molecule has 0 amide bonds. The normalized spacial score (nSPS) is 10.0. The molecule has 0 aliphatic heterocycles. The summed E-state index contributed by atoms with van der Waals surface area (Å²) in [5.74, 6) is -0.974. The van der Waals surface area contributed by atoms with Gasteiger partial charge < -0.3 is 0 Å². The average Bonchev–Trinajstić information content (AvgIpc) is 2.34. The second kappa shape index (κ2) is 11.4. The summed E-state index contributed by atoms with van der Waals surface area (Å²) in [5, 5.41) is 0. The van der Waals surface area contributed by atoms with Crippen LogP contribution in [0.1, 0.15) is 71.6 Å². The molecular weight excluding hydrogens is 220 g/mol. The lowest BCUT2D eigenvalue weighted by atomic mass is 10.1. The zero-order chi connectivity index (χ0) is 12.9. The Balaban J connectivity index is 3.25. The lowest BCUT2D eigenvalue weighted by Gasteiger charge is -2.02. The third-order valence-corrected chi connectivity index (χ3v) is 2.50. The molecule has 4 heteroatoms. The van der Waals surface area contributed by atoms with E-state index >= 15 is 0 Å². The van der Waals surface area contributed by atoms with E-state index in [0.717, 1.165) is 19.3 Å².